The zero-order valence-corrected chi connectivity index (χ0v) is 11.3. The van der Waals surface area contributed by atoms with Crippen LogP contribution in [0.15, 0.2) is 24.3 Å². The average molecular weight is 260 g/mol. The topological polar surface area (TPSA) is 54.4 Å². The van der Waals surface area contributed by atoms with Crippen molar-refractivity contribution in [1.29, 1.82) is 0 Å². The van der Waals surface area contributed by atoms with Crippen molar-refractivity contribution in [3.8, 4) is 0 Å². The first-order valence-electron chi connectivity index (χ1n) is 6.90. The van der Waals surface area contributed by atoms with Crippen LogP contribution >= 0.6 is 0 Å². The molecule has 19 heavy (non-hydrogen) atoms. The molecule has 0 aromatic heterocycles. The van der Waals surface area contributed by atoms with E-state index in [-0.39, 0.29) is 17.6 Å². The van der Waals surface area contributed by atoms with Gasteiger partial charge < -0.3 is 5.11 Å². The van der Waals surface area contributed by atoms with Crippen molar-refractivity contribution in [1.82, 2.24) is 0 Å². The molecule has 0 amide bonds. The molecule has 1 aliphatic carbocycles. The van der Waals surface area contributed by atoms with Gasteiger partial charge in [0.1, 0.15) is 0 Å². The molecule has 1 aromatic rings. The lowest BCUT2D eigenvalue weighted by molar-refractivity contribution is -0.144. The van der Waals surface area contributed by atoms with Crippen LogP contribution < -0.4 is 0 Å². The van der Waals surface area contributed by atoms with E-state index in [0.29, 0.717) is 18.4 Å². The number of hydrogen-bond donors (Lipinski definition) is 1. The van der Waals surface area contributed by atoms with E-state index in [2.05, 4.69) is 0 Å². The van der Waals surface area contributed by atoms with Crippen LogP contribution in [0, 0.1) is 18.8 Å². The van der Waals surface area contributed by atoms with Crippen LogP contribution in [0.1, 0.15) is 48.0 Å². The molecule has 1 N–H and O–H groups in total. The first-order chi connectivity index (χ1) is 9.08. The number of aliphatic carboxylic acids is 1. The van der Waals surface area contributed by atoms with Gasteiger partial charge in [-0.3, -0.25) is 9.59 Å². The third kappa shape index (κ3) is 3.43. The lowest BCUT2D eigenvalue weighted by Gasteiger charge is -2.27. The minimum absolute atomic E-state index is 0.0000491. The Bertz CT molecular complexity index is 461. The SMILES string of the molecule is Cc1ccc(C(=O)C[C@H]2CCCC[C@H]2C(=O)O)cc1. The molecule has 0 unspecified atom stereocenters. The van der Waals surface area contributed by atoms with Gasteiger partial charge >= 0.3 is 5.97 Å². The number of benzene rings is 1. The number of carbonyl (C=O) groups excluding carboxylic acids is 1. The summed E-state index contributed by atoms with van der Waals surface area (Å²) in [4.78, 5) is 23.4. The Hall–Kier alpha value is -1.64. The predicted molar refractivity (Wildman–Crippen MR) is 73.2 cm³/mol. The number of ketones is 1. The summed E-state index contributed by atoms with van der Waals surface area (Å²) in [6.07, 6.45) is 3.93. The highest BCUT2D eigenvalue weighted by Crippen LogP contribution is 2.33. The number of carbonyl (C=O) groups is 2. The standard InChI is InChI=1S/C16H20O3/c1-11-6-8-12(9-7-11)15(17)10-13-4-2-3-5-14(13)16(18)19/h6-9,13-14H,2-5,10H2,1H3,(H,18,19)/t13-,14-/m1/s1. The first kappa shape index (κ1) is 13.8. The molecule has 1 saturated carbocycles. The van der Waals surface area contributed by atoms with E-state index in [1.54, 1.807) is 0 Å². The number of carboxylic acid groups (broad SMARTS) is 1. The van der Waals surface area contributed by atoms with Gasteiger partial charge in [-0.15, -0.1) is 0 Å². The summed E-state index contributed by atoms with van der Waals surface area (Å²) >= 11 is 0. The largest absolute Gasteiger partial charge is 0.481 e. The molecular formula is C16H20O3. The second-order valence-electron chi connectivity index (χ2n) is 5.48. The Labute approximate surface area is 113 Å². The number of aryl methyl sites for hydroxylation is 1. The maximum Gasteiger partial charge on any atom is 0.306 e. The Morgan fingerprint density at radius 1 is 1.16 bits per heavy atom. The second kappa shape index (κ2) is 6.00. The van der Waals surface area contributed by atoms with Gasteiger partial charge in [-0.25, -0.2) is 0 Å². The zero-order valence-electron chi connectivity index (χ0n) is 11.3. The predicted octanol–water partition coefficient (Wildman–Crippen LogP) is 3.46. The summed E-state index contributed by atoms with van der Waals surface area (Å²) in [6, 6.07) is 7.50. The van der Waals surface area contributed by atoms with Gasteiger partial charge in [0, 0.05) is 12.0 Å². The number of hydrogen-bond acceptors (Lipinski definition) is 2. The Balaban J connectivity index is 2.04. The average Bonchev–Trinajstić information content (AvgIpc) is 2.39. The fraction of sp³-hybridized carbons (Fsp3) is 0.500. The van der Waals surface area contributed by atoms with Gasteiger partial charge in [-0.2, -0.15) is 0 Å². The maximum atomic E-state index is 12.2. The quantitative estimate of drug-likeness (QED) is 0.843. The van der Waals surface area contributed by atoms with Crippen LogP contribution in [-0.2, 0) is 4.79 Å². The molecule has 0 radical (unpaired) electrons. The van der Waals surface area contributed by atoms with Crippen molar-refractivity contribution in [2.75, 3.05) is 0 Å². The van der Waals surface area contributed by atoms with Crippen LogP contribution in [0.5, 0.6) is 0 Å². The lowest BCUT2D eigenvalue weighted by atomic mass is 9.76. The van der Waals surface area contributed by atoms with E-state index < -0.39 is 5.97 Å². The fourth-order valence-electron chi connectivity index (χ4n) is 2.87. The van der Waals surface area contributed by atoms with Crippen molar-refractivity contribution in [3.63, 3.8) is 0 Å². The molecule has 3 nitrogen and oxygen atoms in total. The molecule has 0 spiro atoms. The highest BCUT2D eigenvalue weighted by molar-refractivity contribution is 5.96. The molecule has 0 saturated heterocycles. The van der Waals surface area contributed by atoms with E-state index in [9.17, 15) is 14.7 Å². The molecule has 2 atom stereocenters. The monoisotopic (exact) mass is 260 g/mol. The summed E-state index contributed by atoms with van der Waals surface area (Å²) < 4.78 is 0. The second-order valence-corrected chi connectivity index (χ2v) is 5.48. The minimum Gasteiger partial charge on any atom is -0.481 e. The van der Waals surface area contributed by atoms with E-state index in [1.807, 2.05) is 31.2 Å². The van der Waals surface area contributed by atoms with E-state index in [4.69, 9.17) is 0 Å². The van der Waals surface area contributed by atoms with E-state index in [1.165, 1.54) is 0 Å². The molecule has 0 bridgehead atoms. The van der Waals surface area contributed by atoms with E-state index >= 15 is 0 Å². The highest BCUT2D eigenvalue weighted by Gasteiger charge is 2.32. The smallest absolute Gasteiger partial charge is 0.306 e. The molecular weight excluding hydrogens is 240 g/mol. The summed E-state index contributed by atoms with van der Waals surface area (Å²) in [7, 11) is 0. The minimum atomic E-state index is -0.749. The van der Waals surface area contributed by atoms with Crippen molar-refractivity contribution in [2.24, 2.45) is 11.8 Å². The van der Waals surface area contributed by atoms with Crippen LogP contribution in [0.4, 0.5) is 0 Å². The van der Waals surface area contributed by atoms with Gasteiger partial charge in [-0.1, -0.05) is 42.7 Å². The van der Waals surface area contributed by atoms with Gasteiger partial charge in [0.2, 0.25) is 0 Å². The summed E-state index contributed by atoms with van der Waals surface area (Å²) in [6.45, 7) is 1.98. The Morgan fingerprint density at radius 2 is 1.79 bits per heavy atom. The summed E-state index contributed by atoms with van der Waals surface area (Å²) in [5.41, 5.74) is 1.82. The number of rotatable bonds is 4. The molecule has 3 heteroatoms. The van der Waals surface area contributed by atoms with Crippen molar-refractivity contribution < 1.29 is 14.7 Å². The van der Waals surface area contributed by atoms with Crippen LogP contribution in [0.3, 0.4) is 0 Å². The Kier molecular flexibility index (Phi) is 4.35. The molecule has 2 rings (SSSR count). The lowest BCUT2D eigenvalue weighted by Crippen LogP contribution is -2.28. The van der Waals surface area contributed by atoms with Crippen molar-refractivity contribution in [2.45, 2.75) is 39.0 Å². The highest BCUT2D eigenvalue weighted by atomic mass is 16.4. The van der Waals surface area contributed by atoms with Crippen LogP contribution in [0.25, 0.3) is 0 Å². The molecule has 0 aliphatic heterocycles. The molecule has 1 fully saturated rings. The van der Waals surface area contributed by atoms with Crippen LogP contribution in [0.2, 0.25) is 0 Å². The normalized spacial score (nSPS) is 23.0. The van der Waals surface area contributed by atoms with E-state index in [0.717, 1.165) is 24.8 Å². The van der Waals surface area contributed by atoms with Crippen molar-refractivity contribution >= 4 is 11.8 Å². The van der Waals surface area contributed by atoms with Crippen LogP contribution in [-0.4, -0.2) is 16.9 Å². The molecule has 102 valence electrons. The zero-order chi connectivity index (χ0) is 13.8. The summed E-state index contributed by atoms with van der Waals surface area (Å²) in [5, 5.41) is 9.22. The van der Waals surface area contributed by atoms with Gasteiger partial charge in [0.15, 0.2) is 5.78 Å². The molecule has 0 heterocycles. The number of carboxylic acids is 1. The first-order valence-corrected chi connectivity index (χ1v) is 6.90. The fourth-order valence-corrected chi connectivity index (χ4v) is 2.87. The third-order valence-corrected chi connectivity index (χ3v) is 4.05. The number of Topliss-reactive ketones (excluding diaryl/α,β-unsaturated/α-hetero) is 1. The van der Waals surface area contributed by atoms with Gasteiger partial charge in [0.25, 0.3) is 0 Å². The maximum absolute atomic E-state index is 12.2. The molecule has 1 aromatic carbocycles. The summed E-state index contributed by atoms with van der Waals surface area (Å²) in [5.74, 6) is -1.03. The molecule has 1 aliphatic rings. The van der Waals surface area contributed by atoms with Crippen molar-refractivity contribution in [3.05, 3.63) is 35.4 Å². The third-order valence-electron chi connectivity index (χ3n) is 4.05. The van der Waals surface area contributed by atoms with Gasteiger partial charge in [0.05, 0.1) is 5.92 Å². The Morgan fingerprint density at radius 3 is 2.42 bits per heavy atom. The van der Waals surface area contributed by atoms with Gasteiger partial charge in [-0.05, 0) is 25.7 Å².